The third-order valence-electron chi connectivity index (χ3n) is 2.71. The molecule has 12 heavy (non-hydrogen) atoms. The first-order valence-electron chi connectivity index (χ1n) is 4.11. The minimum absolute atomic E-state index is 0.109. The number of alkyl halides is 1. The van der Waals surface area contributed by atoms with E-state index in [0.29, 0.717) is 11.5 Å². The van der Waals surface area contributed by atoms with Crippen LogP contribution in [0.25, 0.3) is 0 Å². The lowest BCUT2D eigenvalue weighted by molar-refractivity contribution is 0.00768. The molecule has 1 rings (SSSR count). The third-order valence-corrected chi connectivity index (χ3v) is 3.78. The fourth-order valence-corrected chi connectivity index (χ4v) is 2.78. The molecule has 0 aromatic rings. The molecule has 0 amide bonds. The highest BCUT2D eigenvalue weighted by Crippen LogP contribution is 2.38. The Morgan fingerprint density at radius 2 is 2.00 bits per heavy atom. The molecule has 0 aliphatic carbocycles. The van der Waals surface area contributed by atoms with Gasteiger partial charge in [-0.15, -0.1) is 0 Å². The molecular weight excluding hydrogens is 194 g/mol. The van der Waals surface area contributed by atoms with Crippen molar-refractivity contribution >= 4 is 33.1 Å². The van der Waals surface area contributed by atoms with E-state index in [1.165, 1.54) is 0 Å². The Balaban J connectivity index is 2.79. The maximum atomic E-state index is 13.4. The lowest BCUT2D eigenvalue weighted by Crippen LogP contribution is -2.40. The van der Waals surface area contributed by atoms with Gasteiger partial charge in [0.2, 0.25) is 0 Å². The zero-order valence-corrected chi connectivity index (χ0v) is 9.12. The fraction of sp³-hybridized carbons (Fsp3) is 1.00. The van der Waals surface area contributed by atoms with Gasteiger partial charge in [-0.1, -0.05) is 6.92 Å². The predicted molar refractivity (Wildman–Crippen MR) is 57.9 cm³/mol. The van der Waals surface area contributed by atoms with Crippen LogP contribution in [0.2, 0.25) is 0 Å². The van der Waals surface area contributed by atoms with Crippen LogP contribution in [0.3, 0.4) is 0 Å². The highest BCUT2D eigenvalue weighted by atomic mass is 32.1. The maximum Gasteiger partial charge on any atom is 0.143 e. The summed E-state index contributed by atoms with van der Waals surface area (Å²) < 4.78 is 18.9. The van der Waals surface area contributed by atoms with Gasteiger partial charge in [-0.05, 0) is 0 Å². The van der Waals surface area contributed by atoms with Crippen molar-refractivity contribution in [1.82, 2.24) is 0 Å². The highest BCUT2D eigenvalue weighted by molar-refractivity contribution is 7.81. The van der Waals surface area contributed by atoms with Crippen molar-refractivity contribution in [3.8, 4) is 0 Å². The smallest absolute Gasteiger partial charge is 0.143 e. The van der Waals surface area contributed by atoms with Gasteiger partial charge in [-0.2, -0.15) is 25.3 Å². The van der Waals surface area contributed by atoms with E-state index in [0.717, 1.165) is 0 Å². The summed E-state index contributed by atoms with van der Waals surface area (Å²) >= 11 is 8.36. The molecule has 0 aromatic heterocycles. The first-order chi connectivity index (χ1) is 5.57. The molecule has 0 bridgehead atoms. The number of hydrogen-bond acceptors (Lipinski definition) is 3. The molecule has 1 aliphatic heterocycles. The summed E-state index contributed by atoms with van der Waals surface area (Å²) in [5, 5.41) is 0. The summed E-state index contributed by atoms with van der Waals surface area (Å²) in [5.41, 5.74) is -0.467. The number of hydrogen-bond donors (Lipinski definition) is 2. The number of ether oxygens (including phenoxy) is 1. The Kier molecular flexibility index (Phi) is 3.40. The molecule has 0 saturated carbocycles. The zero-order chi connectivity index (χ0) is 9.35. The molecule has 1 saturated heterocycles. The molecule has 1 fully saturated rings. The van der Waals surface area contributed by atoms with Crippen LogP contribution in [0.5, 0.6) is 0 Å². The summed E-state index contributed by atoms with van der Waals surface area (Å²) in [4.78, 5) is 0. The van der Waals surface area contributed by atoms with Gasteiger partial charge in [0.25, 0.3) is 0 Å². The van der Waals surface area contributed by atoms with Crippen LogP contribution in [-0.2, 0) is 4.74 Å². The lowest BCUT2D eigenvalue weighted by atomic mass is 9.85. The summed E-state index contributed by atoms with van der Waals surface area (Å²) in [6.07, 6.45) is -0.885. The number of halogens is 1. The second-order valence-corrected chi connectivity index (χ2v) is 4.07. The Hall–Kier alpha value is 0.655. The lowest BCUT2D eigenvalue weighted by Gasteiger charge is -2.29. The molecule has 0 spiro atoms. The van der Waals surface area contributed by atoms with Gasteiger partial charge in [0.1, 0.15) is 14.0 Å². The van der Waals surface area contributed by atoms with E-state index >= 15 is 0 Å². The van der Waals surface area contributed by atoms with Gasteiger partial charge in [0.05, 0.1) is 11.6 Å². The number of thiol groups is 2. The third kappa shape index (κ3) is 1.51. The van der Waals surface area contributed by atoms with Crippen molar-refractivity contribution in [3.05, 3.63) is 0 Å². The Morgan fingerprint density at radius 3 is 2.17 bits per heavy atom. The van der Waals surface area contributed by atoms with Crippen molar-refractivity contribution in [3.63, 3.8) is 0 Å². The van der Waals surface area contributed by atoms with E-state index in [1.807, 2.05) is 6.92 Å². The van der Waals surface area contributed by atoms with Gasteiger partial charge < -0.3 is 4.74 Å². The Morgan fingerprint density at radius 1 is 1.50 bits per heavy atom. The maximum absolute atomic E-state index is 13.4. The summed E-state index contributed by atoms with van der Waals surface area (Å²) in [5.74, 6) is 0.952. The zero-order valence-electron chi connectivity index (χ0n) is 7.33. The first-order valence-corrected chi connectivity index (χ1v) is 5.37. The average Bonchev–Trinajstić information content (AvgIpc) is 2.30. The van der Waals surface area contributed by atoms with E-state index in [1.54, 1.807) is 7.85 Å². The molecule has 0 radical (unpaired) electrons. The van der Waals surface area contributed by atoms with E-state index < -0.39 is 11.8 Å². The highest BCUT2D eigenvalue weighted by Gasteiger charge is 2.49. The molecule has 5 heteroatoms. The number of rotatable bonds is 2. The minimum atomic E-state index is -0.885. The van der Waals surface area contributed by atoms with Crippen LogP contribution >= 0.6 is 25.3 Å². The largest absolute Gasteiger partial charge is 0.376 e. The predicted octanol–water partition coefficient (Wildman–Crippen LogP) is 0.548. The van der Waals surface area contributed by atoms with Crippen molar-refractivity contribution in [2.45, 2.75) is 24.7 Å². The molecular formula is C7H14BFOS2. The van der Waals surface area contributed by atoms with Gasteiger partial charge in [0.15, 0.2) is 0 Å². The van der Waals surface area contributed by atoms with E-state index in [9.17, 15) is 4.39 Å². The van der Waals surface area contributed by atoms with Crippen molar-refractivity contribution in [2.24, 2.45) is 5.92 Å². The molecule has 1 heterocycles. The van der Waals surface area contributed by atoms with Crippen molar-refractivity contribution in [2.75, 3.05) is 11.5 Å². The molecule has 3 atom stereocenters. The van der Waals surface area contributed by atoms with Crippen LogP contribution in [0.15, 0.2) is 0 Å². The van der Waals surface area contributed by atoms with Crippen molar-refractivity contribution < 1.29 is 9.13 Å². The molecule has 0 N–H and O–H groups in total. The Bertz CT molecular complexity index is 165. The van der Waals surface area contributed by atoms with E-state index in [4.69, 9.17) is 4.74 Å². The van der Waals surface area contributed by atoms with Crippen LogP contribution in [0, 0.1) is 5.92 Å². The molecule has 1 aliphatic rings. The van der Waals surface area contributed by atoms with Gasteiger partial charge in [-0.25, -0.2) is 4.39 Å². The molecule has 0 aromatic carbocycles. The van der Waals surface area contributed by atoms with Crippen LogP contribution in [0.1, 0.15) is 6.92 Å². The standard InChI is InChI=1S/C7H14BFOS2/c1-4-5(9)6(8)10-7(4,2-11)3-12/h4-6,11-12H,2-3,8H2,1H3/t4-,5?,6-/m1/s1. The summed E-state index contributed by atoms with van der Waals surface area (Å²) in [6.45, 7) is 1.86. The van der Waals surface area contributed by atoms with Crippen LogP contribution in [-0.4, -0.2) is 37.1 Å². The first kappa shape index (κ1) is 10.7. The Labute approximate surface area is 84.7 Å². The molecule has 70 valence electrons. The fourth-order valence-electron chi connectivity index (χ4n) is 1.65. The minimum Gasteiger partial charge on any atom is -0.376 e. The normalized spacial score (nSPS) is 40.2. The van der Waals surface area contributed by atoms with Gasteiger partial charge in [-0.3, -0.25) is 0 Å². The monoisotopic (exact) mass is 208 g/mol. The molecule has 1 unspecified atom stereocenters. The second-order valence-electron chi connectivity index (χ2n) is 3.44. The second kappa shape index (κ2) is 3.80. The van der Waals surface area contributed by atoms with Gasteiger partial charge in [0, 0.05) is 17.4 Å². The van der Waals surface area contributed by atoms with Crippen LogP contribution < -0.4 is 0 Å². The quantitative estimate of drug-likeness (QED) is 0.497. The SMILES string of the molecule is B[C@@H]1OC(CS)(CS)[C@H](C)C1F. The van der Waals surface area contributed by atoms with Gasteiger partial charge >= 0.3 is 0 Å². The van der Waals surface area contributed by atoms with E-state index in [-0.39, 0.29) is 11.9 Å². The van der Waals surface area contributed by atoms with Crippen LogP contribution in [0.4, 0.5) is 4.39 Å². The summed E-state index contributed by atoms with van der Waals surface area (Å²) in [7, 11) is 1.76. The average molecular weight is 208 g/mol. The summed E-state index contributed by atoms with van der Waals surface area (Å²) in [6, 6.07) is -0.320. The van der Waals surface area contributed by atoms with Crippen molar-refractivity contribution in [1.29, 1.82) is 0 Å². The topological polar surface area (TPSA) is 9.23 Å². The molecule has 1 nitrogen and oxygen atoms in total. The van der Waals surface area contributed by atoms with E-state index in [2.05, 4.69) is 25.3 Å².